The van der Waals surface area contributed by atoms with Gasteiger partial charge in [0.1, 0.15) is 6.61 Å². The van der Waals surface area contributed by atoms with Gasteiger partial charge in [-0.1, -0.05) is 35.9 Å². The molecule has 24 heavy (non-hydrogen) atoms. The van der Waals surface area contributed by atoms with Crippen LogP contribution in [-0.2, 0) is 17.6 Å². The van der Waals surface area contributed by atoms with Gasteiger partial charge in [-0.3, -0.25) is 0 Å². The first-order chi connectivity index (χ1) is 11.4. The average Bonchev–Trinajstić information content (AvgIpc) is 2.89. The third-order valence-electron chi connectivity index (χ3n) is 4.84. The zero-order valence-corrected chi connectivity index (χ0v) is 15.4. The van der Waals surface area contributed by atoms with Crippen molar-refractivity contribution in [3.05, 3.63) is 69.8 Å². The Kier molecular flexibility index (Phi) is 4.49. The van der Waals surface area contributed by atoms with Gasteiger partial charge in [0, 0.05) is 5.56 Å². The highest BCUT2D eigenvalue weighted by Crippen LogP contribution is 2.24. The van der Waals surface area contributed by atoms with Crippen LogP contribution in [0.25, 0.3) is 0 Å². The largest absolute Gasteiger partial charge is 0.475 e. The first-order valence-corrected chi connectivity index (χ1v) is 8.73. The number of benzene rings is 2. The maximum atomic E-state index is 5.88. The summed E-state index contributed by atoms with van der Waals surface area (Å²) in [6.45, 7) is 11.4. The molecular formula is C22H27NO. The molecule has 2 nitrogen and oxygen atoms in total. The lowest BCUT2D eigenvalue weighted by Crippen LogP contribution is -2.17. The summed E-state index contributed by atoms with van der Waals surface area (Å²) < 4.78 is 5.88. The fourth-order valence-corrected chi connectivity index (χ4v) is 3.21. The molecule has 2 aromatic rings. The third-order valence-corrected chi connectivity index (χ3v) is 4.84. The highest BCUT2D eigenvalue weighted by atomic mass is 16.5. The van der Waals surface area contributed by atoms with Gasteiger partial charge in [-0.25, -0.2) is 4.99 Å². The summed E-state index contributed by atoms with van der Waals surface area (Å²) >= 11 is 0. The molecule has 0 bridgehead atoms. The van der Waals surface area contributed by atoms with E-state index in [9.17, 15) is 0 Å². The molecule has 0 atom stereocenters. The minimum atomic E-state index is -0.120. The maximum absolute atomic E-state index is 5.88. The van der Waals surface area contributed by atoms with Crippen LogP contribution in [0.1, 0.15) is 47.2 Å². The van der Waals surface area contributed by atoms with E-state index in [1.54, 1.807) is 0 Å². The molecule has 0 aliphatic carbocycles. The molecule has 0 unspecified atom stereocenters. The van der Waals surface area contributed by atoms with Crippen molar-refractivity contribution in [3.8, 4) is 0 Å². The van der Waals surface area contributed by atoms with Crippen molar-refractivity contribution >= 4 is 5.90 Å². The van der Waals surface area contributed by atoms with E-state index in [4.69, 9.17) is 9.73 Å². The summed E-state index contributed by atoms with van der Waals surface area (Å²) in [5.41, 5.74) is 7.84. The lowest BCUT2D eigenvalue weighted by molar-refractivity contribution is 0.279. The lowest BCUT2D eigenvalue weighted by atomic mass is 9.94. The standard InChI is InChI=1S/C22H27NO/c1-15-9-12-20(21-23-22(4,5)14-24-21)19(13-15)11-10-18-8-6-7-16(2)17(18)3/h6-9,12-13H,10-11,14H2,1-5H3. The van der Waals surface area contributed by atoms with Crippen LogP contribution >= 0.6 is 0 Å². The lowest BCUT2D eigenvalue weighted by Gasteiger charge is -2.12. The van der Waals surface area contributed by atoms with Gasteiger partial charge in [-0.05, 0) is 75.8 Å². The summed E-state index contributed by atoms with van der Waals surface area (Å²) in [7, 11) is 0. The van der Waals surface area contributed by atoms with Crippen LogP contribution in [0.4, 0.5) is 0 Å². The quantitative estimate of drug-likeness (QED) is 0.780. The van der Waals surface area contributed by atoms with Gasteiger partial charge >= 0.3 is 0 Å². The fourth-order valence-electron chi connectivity index (χ4n) is 3.21. The number of aliphatic imine (C=N–C) groups is 1. The minimum absolute atomic E-state index is 0.120. The predicted molar refractivity (Wildman–Crippen MR) is 101 cm³/mol. The van der Waals surface area contributed by atoms with E-state index in [1.807, 2.05) is 0 Å². The summed E-state index contributed by atoms with van der Waals surface area (Å²) in [5.74, 6) is 0.802. The van der Waals surface area contributed by atoms with Crippen molar-refractivity contribution in [2.75, 3.05) is 6.61 Å². The number of ether oxygens (including phenoxy) is 1. The maximum Gasteiger partial charge on any atom is 0.217 e. The van der Waals surface area contributed by atoms with E-state index in [0.29, 0.717) is 6.61 Å². The first-order valence-electron chi connectivity index (χ1n) is 8.73. The smallest absolute Gasteiger partial charge is 0.217 e. The third kappa shape index (κ3) is 3.53. The highest BCUT2D eigenvalue weighted by molar-refractivity contribution is 5.97. The number of aryl methyl sites for hydroxylation is 4. The zero-order valence-electron chi connectivity index (χ0n) is 15.4. The molecular weight excluding hydrogens is 294 g/mol. The van der Waals surface area contributed by atoms with E-state index < -0.39 is 0 Å². The Morgan fingerprint density at radius 2 is 1.75 bits per heavy atom. The second kappa shape index (κ2) is 6.43. The van der Waals surface area contributed by atoms with Crippen LogP contribution in [0, 0.1) is 20.8 Å². The monoisotopic (exact) mass is 321 g/mol. The number of nitrogens with zero attached hydrogens (tertiary/aromatic N) is 1. The highest BCUT2D eigenvalue weighted by Gasteiger charge is 2.28. The van der Waals surface area contributed by atoms with E-state index in [2.05, 4.69) is 71.0 Å². The number of hydrogen-bond donors (Lipinski definition) is 0. The number of hydrogen-bond acceptors (Lipinski definition) is 2. The van der Waals surface area contributed by atoms with Crippen LogP contribution in [0.5, 0.6) is 0 Å². The van der Waals surface area contributed by atoms with Gasteiger partial charge in [0.05, 0.1) is 5.54 Å². The molecule has 0 aromatic heterocycles. The Bertz CT molecular complexity index is 787. The second-order valence-electron chi connectivity index (χ2n) is 7.54. The minimum Gasteiger partial charge on any atom is -0.475 e. The molecule has 0 saturated carbocycles. The molecule has 3 rings (SSSR count). The van der Waals surface area contributed by atoms with Crippen LogP contribution in [-0.4, -0.2) is 18.0 Å². The summed E-state index contributed by atoms with van der Waals surface area (Å²) in [6.07, 6.45) is 2.05. The van der Waals surface area contributed by atoms with Gasteiger partial charge in [0.25, 0.3) is 0 Å². The predicted octanol–water partition coefficient (Wildman–Crippen LogP) is 4.95. The van der Waals surface area contributed by atoms with Crippen molar-refractivity contribution in [2.45, 2.75) is 53.0 Å². The van der Waals surface area contributed by atoms with Crippen LogP contribution < -0.4 is 0 Å². The summed E-state index contributed by atoms with van der Waals surface area (Å²) in [5, 5.41) is 0. The van der Waals surface area contributed by atoms with Crippen molar-refractivity contribution in [2.24, 2.45) is 4.99 Å². The molecule has 1 aliphatic heterocycles. The molecule has 0 radical (unpaired) electrons. The molecule has 0 N–H and O–H groups in total. The Morgan fingerprint density at radius 1 is 1.00 bits per heavy atom. The van der Waals surface area contributed by atoms with Gasteiger partial charge in [0.15, 0.2) is 0 Å². The van der Waals surface area contributed by atoms with Crippen LogP contribution in [0.2, 0.25) is 0 Å². The topological polar surface area (TPSA) is 21.6 Å². The van der Waals surface area contributed by atoms with E-state index in [-0.39, 0.29) is 5.54 Å². The molecule has 126 valence electrons. The molecule has 1 aliphatic rings. The molecule has 0 amide bonds. The zero-order chi connectivity index (χ0) is 17.3. The van der Waals surface area contributed by atoms with Crippen LogP contribution in [0.3, 0.4) is 0 Å². The van der Waals surface area contributed by atoms with Crippen LogP contribution in [0.15, 0.2) is 41.4 Å². The molecule has 2 aromatic carbocycles. The van der Waals surface area contributed by atoms with E-state index in [0.717, 1.165) is 24.3 Å². The second-order valence-corrected chi connectivity index (χ2v) is 7.54. The summed E-state index contributed by atoms with van der Waals surface area (Å²) in [6, 6.07) is 13.2. The molecule has 1 heterocycles. The van der Waals surface area contributed by atoms with Crippen molar-refractivity contribution in [3.63, 3.8) is 0 Å². The normalized spacial score (nSPS) is 16.0. The van der Waals surface area contributed by atoms with Gasteiger partial charge in [0.2, 0.25) is 5.90 Å². The fraction of sp³-hybridized carbons (Fsp3) is 0.409. The Balaban J connectivity index is 1.88. The van der Waals surface area contributed by atoms with Gasteiger partial charge in [-0.2, -0.15) is 0 Å². The van der Waals surface area contributed by atoms with Gasteiger partial charge < -0.3 is 4.74 Å². The van der Waals surface area contributed by atoms with Crippen molar-refractivity contribution in [1.29, 1.82) is 0 Å². The summed E-state index contributed by atoms with van der Waals surface area (Å²) in [4.78, 5) is 4.76. The Hall–Kier alpha value is -2.09. The van der Waals surface area contributed by atoms with E-state index in [1.165, 1.54) is 27.8 Å². The van der Waals surface area contributed by atoms with Crippen molar-refractivity contribution < 1.29 is 4.74 Å². The van der Waals surface area contributed by atoms with Crippen molar-refractivity contribution in [1.82, 2.24) is 0 Å². The molecule has 0 fully saturated rings. The Morgan fingerprint density at radius 3 is 2.46 bits per heavy atom. The Labute approximate surface area is 145 Å². The average molecular weight is 321 g/mol. The SMILES string of the molecule is Cc1ccc(C2=NC(C)(C)CO2)c(CCc2cccc(C)c2C)c1. The number of rotatable bonds is 4. The molecule has 0 spiro atoms. The van der Waals surface area contributed by atoms with Gasteiger partial charge in [-0.15, -0.1) is 0 Å². The molecule has 0 saturated heterocycles. The van der Waals surface area contributed by atoms with E-state index >= 15 is 0 Å². The molecule has 2 heteroatoms. The first kappa shape index (κ1) is 16.8.